The summed E-state index contributed by atoms with van der Waals surface area (Å²) < 4.78 is 39.2. The quantitative estimate of drug-likeness (QED) is 0.858. The molecule has 7 heteroatoms. The highest BCUT2D eigenvalue weighted by Gasteiger charge is 2.35. The van der Waals surface area contributed by atoms with Crippen molar-refractivity contribution in [3.8, 4) is 0 Å². The van der Waals surface area contributed by atoms with Gasteiger partial charge in [-0.3, -0.25) is 4.79 Å². The van der Waals surface area contributed by atoms with Gasteiger partial charge in [0.2, 0.25) is 0 Å². The highest BCUT2D eigenvalue weighted by molar-refractivity contribution is 6.30. The number of nitrogens with one attached hydrogen (secondary N) is 2. The average molecular weight is 355 g/mol. The van der Waals surface area contributed by atoms with E-state index < -0.39 is 23.7 Å². The van der Waals surface area contributed by atoms with Gasteiger partial charge < -0.3 is 10.6 Å². The number of benzene rings is 2. The molecule has 0 saturated heterocycles. The van der Waals surface area contributed by atoms with Gasteiger partial charge in [0.05, 0.1) is 17.2 Å². The minimum Gasteiger partial charge on any atom is -0.344 e. The molecule has 1 aliphatic rings. The Labute approximate surface area is 141 Å². The van der Waals surface area contributed by atoms with Crippen LogP contribution in [-0.4, -0.2) is 12.5 Å². The number of carbonyl (C=O) groups excluding carboxylic acids is 1. The summed E-state index contributed by atoms with van der Waals surface area (Å²) >= 11 is 5.96. The Kier molecular flexibility index (Phi) is 4.51. The molecule has 1 aliphatic heterocycles. The molecule has 0 spiro atoms. The van der Waals surface area contributed by atoms with E-state index in [9.17, 15) is 18.0 Å². The summed E-state index contributed by atoms with van der Waals surface area (Å²) in [7, 11) is 0. The number of amides is 1. The van der Waals surface area contributed by atoms with Crippen molar-refractivity contribution in [2.45, 2.75) is 18.8 Å². The van der Waals surface area contributed by atoms with E-state index in [1.54, 1.807) is 18.2 Å². The molecule has 2 aromatic rings. The number of alkyl halides is 3. The maximum Gasteiger partial charge on any atom is 0.417 e. The lowest BCUT2D eigenvalue weighted by atomic mass is 9.96. The van der Waals surface area contributed by atoms with Gasteiger partial charge in [-0.1, -0.05) is 29.8 Å². The van der Waals surface area contributed by atoms with Crippen LogP contribution in [0, 0.1) is 0 Å². The Balaban J connectivity index is 1.88. The van der Waals surface area contributed by atoms with Crippen LogP contribution in [0.15, 0.2) is 42.5 Å². The van der Waals surface area contributed by atoms with Crippen molar-refractivity contribution in [1.82, 2.24) is 10.6 Å². The monoisotopic (exact) mass is 354 g/mol. The fraction of sp³-hybridized carbons (Fsp3) is 0.235. The molecule has 0 saturated carbocycles. The van der Waals surface area contributed by atoms with Crippen LogP contribution in [0.4, 0.5) is 13.2 Å². The summed E-state index contributed by atoms with van der Waals surface area (Å²) in [6, 6.07) is 9.62. The van der Waals surface area contributed by atoms with E-state index in [0.29, 0.717) is 18.1 Å². The van der Waals surface area contributed by atoms with Crippen molar-refractivity contribution < 1.29 is 18.0 Å². The molecule has 0 aromatic heterocycles. The first kappa shape index (κ1) is 16.8. The van der Waals surface area contributed by atoms with E-state index in [2.05, 4.69) is 10.6 Å². The molecule has 24 heavy (non-hydrogen) atoms. The van der Waals surface area contributed by atoms with Crippen LogP contribution in [0.5, 0.6) is 0 Å². The lowest BCUT2D eigenvalue weighted by Crippen LogP contribution is -2.39. The van der Waals surface area contributed by atoms with Crippen LogP contribution >= 0.6 is 11.6 Å². The van der Waals surface area contributed by atoms with Crippen LogP contribution in [-0.2, 0) is 12.7 Å². The molecule has 0 radical (unpaired) electrons. The number of carbonyl (C=O) groups is 1. The number of halogens is 4. The molecule has 1 atom stereocenters. The first-order valence-corrected chi connectivity index (χ1v) is 7.70. The predicted molar refractivity (Wildman–Crippen MR) is 84.8 cm³/mol. The van der Waals surface area contributed by atoms with Crippen LogP contribution in [0.2, 0.25) is 5.02 Å². The predicted octanol–water partition coefficient (Wildman–Crippen LogP) is 3.93. The Morgan fingerprint density at radius 2 is 1.96 bits per heavy atom. The summed E-state index contributed by atoms with van der Waals surface area (Å²) in [6.07, 6.45) is -4.58. The third-order valence-electron chi connectivity index (χ3n) is 3.93. The summed E-state index contributed by atoms with van der Waals surface area (Å²) in [5, 5.41) is 6.38. The Hall–Kier alpha value is -2.05. The van der Waals surface area contributed by atoms with Gasteiger partial charge in [0.1, 0.15) is 0 Å². The summed E-state index contributed by atoms with van der Waals surface area (Å²) in [5.41, 5.74) is 0.452. The summed E-state index contributed by atoms with van der Waals surface area (Å²) in [6.45, 7) is 1.04. The smallest absolute Gasteiger partial charge is 0.344 e. The standard InChI is InChI=1S/C17H14ClF3N2O/c18-11-5-6-12-10(7-11)8-22-9-15(12)23-16(24)13-3-1-2-4-14(13)17(19,20)21/h1-7,15,22H,8-9H2,(H,23,24). The molecule has 0 aliphatic carbocycles. The number of hydrogen-bond donors (Lipinski definition) is 2. The van der Waals surface area contributed by atoms with Gasteiger partial charge in [-0.2, -0.15) is 13.2 Å². The Bertz CT molecular complexity index is 777. The molecule has 2 N–H and O–H groups in total. The highest BCUT2D eigenvalue weighted by atomic mass is 35.5. The zero-order valence-corrected chi connectivity index (χ0v) is 13.2. The van der Waals surface area contributed by atoms with Crippen molar-refractivity contribution in [3.05, 3.63) is 69.7 Å². The fourth-order valence-corrected chi connectivity index (χ4v) is 3.02. The molecule has 2 aromatic carbocycles. The van der Waals surface area contributed by atoms with Crippen molar-refractivity contribution in [1.29, 1.82) is 0 Å². The second kappa shape index (κ2) is 6.45. The molecule has 126 valence electrons. The van der Waals surface area contributed by atoms with Gasteiger partial charge in [-0.15, -0.1) is 0 Å². The van der Waals surface area contributed by atoms with Crippen LogP contribution in [0.25, 0.3) is 0 Å². The molecule has 3 nitrogen and oxygen atoms in total. The second-order valence-corrected chi connectivity index (χ2v) is 5.98. The SMILES string of the molecule is O=C(NC1CNCc2cc(Cl)ccc21)c1ccccc1C(F)(F)F. The van der Waals surface area contributed by atoms with Crippen molar-refractivity contribution >= 4 is 17.5 Å². The van der Waals surface area contributed by atoms with Crippen LogP contribution in [0.3, 0.4) is 0 Å². The van der Waals surface area contributed by atoms with E-state index >= 15 is 0 Å². The minimum atomic E-state index is -4.58. The largest absolute Gasteiger partial charge is 0.417 e. The minimum absolute atomic E-state index is 0.383. The second-order valence-electron chi connectivity index (χ2n) is 5.54. The van der Waals surface area contributed by atoms with Gasteiger partial charge in [0.15, 0.2) is 0 Å². The molecule has 1 unspecified atom stereocenters. The van der Waals surface area contributed by atoms with E-state index in [4.69, 9.17) is 11.6 Å². The molecule has 0 bridgehead atoms. The number of rotatable bonds is 2. The first-order chi connectivity index (χ1) is 11.4. The van der Waals surface area contributed by atoms with Crippen LogP contribution < -0.4 is 10.6 Å². The van der Waals surface area contributed by atoms with Gasteiger partial charge in [-0.05, 0) is 35.4 Å². The molecular formula is C17H14ClF3N2O. The summed E-state index contributed by atoms with van der Waals surface area (Å²) in [5.74, 6) is -0.752. The van der Waals surface area contributed by atoms with Crippen molar-refractivity contribution in [2.75, 3.05) is 6.54 Å². The maximum atomic E-state index is 13.1. The van der Waals surface area contributed by atoms with Crippen LogP contribution in [0.1, 0.15) is 33.1 Å². The lowest BCUT2D eigenvalue weighted by molar-refractivity contribution is -0.137. The third-order valence-corrected chi connectivity index (χ3v) is 4.16. The van der Waals surface area contributed by atoms with Gasteiger partial charge >= 0.3 is 6.18 Å². The first-order valence-electron chi connectivity index (χ1n) is 7.32. The van der Waals surface area contributed by atoms with Crippen molar-refractivity contribution in [2.24, 2.45) is 0 Å². The Morgan fingerprint density at radius 1 is 1.21 bits per heavy atom. The maximum absolute atomic E-state index is 13.1. The number of fused-ring (bicyclic) bond motifs is 1. The molecule has 0 fully saturated rings. The number of hydrogen-bond acceptors (Lipinski definition) is 2. The average Bonchev–Trinajstić information content (AvgIpc) is 2.54. The Morgan fingerprint density at radius 3 is 2.71 bits per heavy atom. The zero-order chi connectivity index (χ0) is 17.3. The van der Waals surface area contributed by atoms with E-state index in [-0.39, 0.29) is 5.56 Å². The normalized spacial score (nSPS) is 17.2. The third kappa shape index (κ3) is 3.39. The fourth-order valence-electron chi connectivity index (χ4n) is 2.82. The summed E-state index contributed by atoms with van der Waals surface area (Å²) in [4.78, 5) is 12.4. The highest BCUT2D eigenvalue weighted by Crippen LogP contribution is 2.32. The van der Waals surface area contributed by atoms with Gasteiger partial charge in [0.25, 0.3) is 5.91 Å². The van der Waals surface area contributed by atoms with E-state index in [0.717, 1.165) is 17.2 Å². The molecule has 1 amide bonds. The molecular weight excluding hydrogens is 341 g/mol. The van der Waals surface area contributed by atoms with Gasteiger partial charge in [-0.25, -0.2) is 0 Å². The van der Waals surface area contributed by atoms with Gasteiger partial charge in [0, 0.05) is 18.1 Å². The molecule has 3 rings (SSSR count). The van der Waals surface area contributed by atoms with E-state index in [1.165, 1.54) is 18.2 Å². The van der Waals surface area contributed by atoms with E-state index in [1.807, 2.05) is 0 Å². The van der Waals surface area contributed by atoms with Crippen molar-refractivity contribution in [3.63, 3.8) is 0 Å². The zero-order valence-electron chi connectivity index (χ0n) is 12.5. The molecule has 1 heterocycles. The lowest BCUT2D eigenvalue weighted by Gasteiger charge is -2.27. The topological polar surface area (TPSA) is 41.1 Å².